The highest BCUT2D eigenvalue weighted by Crippen LogP contribution is 2.15. The van der Waals surface area contributed by atoms with Gasteiger partial charge in [-0.2, -0.15) is 0 Å². The first-order chi connectivity index (χ1) is 10.7. The first-order valence-corrected chi connectivity index (χ1v) is 6.89. The summed E-state index contributed by atoms with van der Waals surface area (Å²) in [6.07, 6.45) is 2.43. The fraction of sp³-hybridized carbons (Fsp3) is 0.111. The van der Waals surface area contributed by atoms with Gasteiger partial charge in [0.1, 0.15) is 12.0 Å². The SMILES string of the molecule is C=CCN(C(=O)COc1ccc(C=O)cc1)c1ccccc1. The maximum absolute atomic E-state index is 12.3. The molecule has 4 heteroatoms. The van der Waals surface area contributed by atoms with Gasteiger partial charge in [-0.25, -0.2) is 0 Å². The number of hydrogen-bond donors (Lipinski definition) is 0. The molecule has 0 fully saturated rings. The van der Waals surface area contributed by atoms with E-state index in [1.165, 1.54) is 0 Å². The Labute approximate surface area is 129 Å². The Bertz CT molecular complexity index is 635. The van der Waals surface area contributed by atoms with Crippen molar-refractivity contribution in [1.82, 2.24) is 0 Å². The van der Waals surface area contributed by atoms with Crippen molar-refractivity contribution < 1.29 is 14.3 Å². The maximum atomic E-state index is 12.3. The molecule has 2 aromatic rings. The van der Waals surface area contributed by atoms with Crippen LogP contribution in [0.15, 0.2) is 67.3 Å². The molecular weight excluding hydrogens is 278 g/mol. The van der Waals surface area contributed by atoms with Gasteiger partial charge in [0.2, 0.25) is 0 Å². The molecule has 0 aromatic heterocycles. The van der Waals surface area contributed by atoms with Gasteiger partial charge in [-0.1, -0.05) is 24.3 Å². The first kappa shape index (κ1) is 15.5. The highest BCUT2D eigenvalue weighted by Gasteiger charge is 2.14. The average Bonchev–Trinajstić information content (AvgIpc) is 2.58. The lowest BCUT2D eigenvalue weighted by Gasteiger charge is -2.21. The van der Waals surface area contributed by atoms with E-state index in [0.717, 1.165) is 12.0 Å². The molecular formula is C18H17NO3. The van der Waals surface area contributed by atoms with Crippen LogP contribution in [0.2, 0.25) is 0 Å². The number of carbonyl (C=O) groups is 2. The second kappa shape index (κ2) is 7.78. The lowest BCUT2D eigenvalue weighted by molar-refractivity contribution is -0.120. The Kier molecular flexibility index (Phi) is 5.49. The predicted octanol–water partition coefficient (Wildman–Crippen LogP) is 3.10. The molecule has 0 saturated carbocycles. The van der Waals surface area contributed by atoms with Crippen molar-refractivity contribution in [3.8, 4) is 5.75 Å². The molecule has 1 amide bonds. The van der Waals surface area contributed by atoms with Gasteiger partial charge >= 0.3 is 0 Å². The van der Waals surface area contributed by atoms with Crippen LogP contribution in [0.1, 0.15) is 10.4 Å². The lowest BCUT2D eigenvalue weighted by atomic mass is 10.2. The van der Waals surface area contributed by atoms with E-state index in [1.54, 1.807) is 35.2 Å². The zero-order valence-corrected chi connectivity index (χ0v) is 12.1. The summed E-state index contributed by atoms with van der Waals surface area (Å²) in [7, 11) is 0. The smallest absolute Gasteiger partial charge is 0.265 e. The van der Waals surface area contributed by atoms with Gasteiger partial charge in [-0.3, -0.25) is 9.59 Å². The molecule has 0 saturated heterocycles. The van der Waals surface area contributed by atoms with Crippen molar-refractivity contribution in [3.05, 3.63) is 72.8 Å². The van der Waals surface area contributed by atoms with Gasteiger partial charge in [-0.05, 0) is 36.4 Å². The number of ether oxygens (including phenoxy) is 1. The number of aldehydes is 1. The number of nitrogens with zero attached hydrogens (tertiary/aromatic N) is 1. The second-order valence-electron chi connectivity index (χ2n) is 4.60. The van der Waals surface area contributed by atoms with E-state index in [0.29, 0.717) is 17.9 Å². The van der Waals surface area contributed by atoms with Crippen molar-refractivity contribution >= 4 is 17.9 Å². The fourth-order valence-electron chi connectivity index (χ4n) is 1.95. The van der Waals surface area contributed by atoms with Gasteiger partial charge in [0.05, 0.1) is 0 Å². The number of hydrogen-bond acceptors (Lipinski definition) is 3. The van der Waals surface area contributed by atoms with Crippen LogP contribution in [-0.4, -0.2) is 25.3 Å². The van der Waals surface area contributed by atoms with Crippen LogP contribution < -0.4 is 9.64 Å². The third-order valence-electron chi connectivity index (χ3n) is 3.06. The van der Waals surface area contributed by atoms with Crippen LogP contribution in [0.5, 0.6) is 5.75 Å². The predicted molar refractivity (Wildman–Crippen MR) is 86.3 cm³/mol. The van der Waals surface area contributed by atoms with Crippen LogP contribution in [0.25, 0.3) is 0 Å². The Balaban J connectivity index is 2.01. The normalized spacial score (nSPS) is 9.82. The number of rotatable bonds is 7. The van der Waals surface area contributed by atoms with Gasteiger partial charge < -0.3 is 9.64 Å². The molecule has 0 aliphatic heterocycles. The standard InChI is InChI=1S/C18H17NO3/c1-2-12-19(16-6-4-3-5-7-16)18(21)14-22-17-10-8-15(13-20)9-11-17/h2-11,13H,1,12,14H2. The van der Waals surface area contributed by atoms with Crippen molar-refractivity contribution in [2.45, 2.75) is 0 Å². The molecule has 0 N–H and O–H groups in total. The van der Waals surface area contributed by atoms with Crippen molar-refractivity contribution in [2.24, 2.45) is 0 Å². The molecule has 112 valence electrons. The van der Waals surface area contributed by atoms with E-state index in [-0.39, 0.29) is 12.5 Å². The zero-order chi connectivity index (χ0) is 15.8. The van der Waals surface area contributed by atoms with E-state index in [9.17, 15) is 9.59 Å². The highest BCUT2D eigenvalue weighted by atomic mass is 16.5. The number of carbonyl (C=O) groups excluding carboxylic acids is 2. The summed E-state index contributed by atoms with van der Waals surface area (Å²) in [5.74, 6) is 0.385. The van der Waals surface area contributed by atoms with Crippen LogP contribution in [0, 0.1) is 0 Å². The minimum absolute atomic E-state index is 0.0802. The van der Waals surface area contributed by atoms with E-state index >= 15 is 0 Å². The van der Waals surface area contributed by atoms with E-state index in [1.807, 2.05) is 30.3 Å². The largest absolute Gasteiger partial charge is 0.484 e. The summed E-state index contributed by atoms with van der Waals surface area (Å²) in [5.41, 5.74) is 1.36. The summed E-state index contributed by atoms with van der Waals surface area (Å²) in [4.78, 5) is 24.5. The first-order valence-electron chi connectivity index (χ1n) is 6.89. The number of para-hydroxylation sites is 1. The third kappa shape index (κ3) is 4.06. The summed E-state index contributed by atoms with van der Waals surface area (Å²) >= 11 is 0. The van der Waals surface area contributed by atoms with E-state index < -0.39 is 0 Å². The molecule has 0 heterocycles. The summed E-state index contributed by atoms with van der Waals surface area (Å²) in [6, 6.07) is 16.0. The number of anilines is 1. The number of benzene rings is 2. The molecule has 22 heavy (non-hydrogen) atoms. The minimum Gasteiger partial charge on any atom is -0.484 e. The molecule has 0 aliphatic rings. The monoisotopic (exact) mass is 295 g/mol. The van der Waals surface area contributed by atoms with Gasteiger partial charge in [0.15, 0.2) is 6.61 Å². The van der Waals surface area contributed by atoms with Crippen molar-refractivity contribution in [2.75, 3.05) is 18.1 Å². The maximum Gasteiger partial charge on any atom is 0.265 e. The second-order valence-corrected chi connectivity index (χ2v) is 4.60. The summed E-state index contributed by atoms with van der Waals surface area (Å²) in [5, 5.41) is 0. The Morgan fingerprint density at radius 1 is 1.09 bits per heavy atom. The minimum atomic E-state index is -0.162. The Morgan fingerprint density at radius 3 is 2.36 bits per heavy atom. The number of amides is 1. The fourth-order valence-corrected chi connectivity index (χ4v) is 1.95. The van der Waals surface area contributed by atoms with Crippen molar-refractivity contribution in [1.29, 1.82) is 0 Å². The molecule has 0 atom stereocenters. The Morgan fingerprint density at radius 2 is 1.77 bits per heavy atom. The van der Waals surface area contributed by atoms with Gasteiger partial charge in [0.25, 0.3) is 5.91 Å². The topological polar surface area (TPSA) is 46.6 Å². The molecule has 2 aromatic carbocycles. The van der Waals surface area contributed by atoms with Crippen LogP contribution >= 0.6 is 0 Å². The van der Waals surface area contributed by atoms with Crippen molar-refractivity contribution in [3.63, 3.8) is 0 Å². The molecule has 2 rings (SSSR count). The van der Waals surface area contributed by atoms with Gasteiger partial charge in [0, 0.05) is 17.8 Å². The van der Waals surface area contributed by atoms with Crippen LogP contribution in [-0.2, 0) is 4.79 Å². The van der Waals surface area contributed by atoms with E-state index in [4.69, 9.17) is 4.74 Å². The molecule has 0 radical (unpaired) electrons. The van der Waals surface area contributed by atoms with E-state index in [2.05, 4.69) is 6.58 Å². The third-order valence-corrected chi connectivity index (χ3v) is 3.06. The van der Waals surface area contributed by atoms with Crippen LogP contribution in [0.3, 0.4) is 0 Å². The highest BCUT2D eigenvalue weighted by molar-refractivity contribution is 5.94. The average molecular weight is 295 g/mol. The van der Waals surface area contributed by atoms with Crippen LogP contribution in [0.4, 0.5) is 5.69 Å². The zero-order valence-electron chi connectivity index (χ0n) is 12.1. The summed E-state index contributed by atoms with van der Waals surface area (Å²) < 4.78 is 5.47. The molecule has 4 nitrogen and oxygen atoms in total. The molecule has 0 unspecified atom stereocenters. The quantitative estimate of drug-likeness (QED) is 0.582. The lowest BCUT2D eigenvalue weighted by Crippen LogP contribution is -2.35. The Hall–Kier alpha value is -2.88. The molecule has 0 aliphatic carbocycles. The molecule has 0 spiro atoms. The van der Waals surface area contributed by atoms with Gasteiger partial charge in [-0.15, -0.1) is 6.58 Å². The molecule has 0 bridgehead atoms. The summed E-state index contributed by atoms with van der Waals surface area (Å²) in [6.45, 7) is 4.01.